The lowest BCUT2D eigenvalue weighted by molar-refractivity contribution is 0.590. The number of nitrogens with zero attached hydrogens (tertiary/aromatic N) is 4. The van der Waals surface area contributed by atoms with E-state index in [0.717, 1.165) is 11.3 Å². The molecule has 0 fully saturated rings. The first-order valence-corrected chi connectivity index (χ1v) is 10.0. The molecule has 0 aliphatic heterocycles. The molecule has 2 aromatic heterocycles. The molecular weight excluding hydrogens is 384 g/mol. The molecule has 0 radical (unpaired) electrons. The second-order valence-electron chi connectivity index (χ2n) is 8.35. The van der Waals surface area contributed by atoms with Crippen LogP contribution in [0.1, 0.15) is 43.3 Å². The average molecular weight is 406 g/mol. The number of nitriles is 1. The van der Waals surface area contributed by atoms with E-state index in [9.17, 15) is 4.79 Å². The summed E-state index contributed by atoms with van der Waals surface area (Å²) in [5, 5.41) is 9.45. The van der Waals surface area contributed by atoms with Gasteiger partial charge < -0.3 is 0 Å². The quantitative estimate of drug-likeness (QED) is 0.473. The van der Waals surface area contributed by atoms with Crippen LogP contribution in [-0.2, 0) is 5.41 Å². The molecule has 5 heteroatoms. The summed E-state index contributed by atoms with van der Waals surface area (Å²) in [6, 6.07) is 20.8. The summed E-state index contributed by atoms with van der Waals surface area (Å²) in [6.07, 6.45) is 5.30. The predicted octanol–water partition coefficient (Wildman–Crippen LogP) is 5.12. The summed E-state index contributed by atoms with van der Waals surface area (Å²) in [6.45, 7) is 6.47. The van der Waals surface area contributed by atoms with E-state index >= 15 is 0 Å². The maximum Gasteiger partial charge on any atom is 0.267 e. The fourth-order valence-corrected chi connectivity index (χ4v) is 3.35. The molecule has 0 N–H and O–H groups in total. The fourth-order valence-electron chi connectivity index (χ4n) is 3.35. The van der Waals surface area contributed by atoms with E-state index in [0.29, 0.717) is 22.4 Å². The van der Waals surface area contributed by atoms with Crippen molar-refractivity contribution in [1.82, 2.24) is 14.5 Å². The van der Waals surface area contributed by atoms with Crippen molar-refractivity contribution in [2.45, 2.75) is 26.2 Å². The Morgan fingerprint density at radius 3 is 2.32 bits per heavy atom. The zero-order valence-electron chi connectivity index (χ0n) is 17.7. The summed E-state index contributed by atoms with van der Waals surface area (Å²) in [7, 11) is 0. The molecule has 5 nitrogen and oxygen atoms in total. The van der Waals surface area contributed by atoms with Gasteiger partial charge in [-0.1, -0.05) is 51.1 Å². The highest BCUT2D eigenvalue weighted by Crippen LogP contribution is 2.23. The first-order chi connectivity index (χ1) is 14.9. The van der Waals surface area contributed by atoms with Crippen molar-refractivity contribution in [2.24, 2.45) is 0 Å². The molecule has 31 heavy (non-hydrogen) atoms. The monoisotopic (exact) mass is 406 g/mol. The first kappa shape index (κ1) is 20.2. The molecule has 0 unspecified atom stereocenters. The van der Waals surface area contributed by atoms with Crippen LogP contribution >= 0.6 is 0 Å². The van der Waals surface area contributed by atoms with Gasteiger partial charge in [0, 0.05) is 6.20 Å². The second kappa shape index (κ2) is 8.00. The lowest BCUT2D eigenvalue weighted by Gasteiger charge is -2.19. The molecular formula is C26H22N4O. The van der Waals surface area contributed by atoms with Gasteiger partial charge in [0.25, 0.3) is 5.56 Å². The number of rotatable bonds is 3. The summed E-state index contributed by atoms with van der Waals surface area (Å²) in [5.74, 6) is 0.490. The second-order valence-corrected chi connectivity index (χ2v) is 8.35. The standard InChI is InChI=1S/C26H22N4O/c1-26(2,3)20-11-13-21(14-12-20)30-23(15-10-18-6-8-19(17-27)9-7-18)29-24-22(25(30)31)5-4-16-28-24/h4-16H,1-3H3/b15-10+. The average Bonchev–Trinajstić information content (AvgIpc) is 2.78. The molecule has 4 aromatic rings. The smallest absolute Gasteiger partial charge is 0.267 e. The summed E-state index contributed by atoms with van der Waals surface area (Å²) in [4.78, 5) is 22.3. The molecule has 0 aliphatic carbocycles. The Hall–Kier alpha value is -4.04. The van der Waals surface area contributed by atoms with E-state index < -0.39 is 0 Å². The molecule has 0 saturated carbocycles. The minimum absolute atomic E-state index is 0.0212. The SMILES string of the molecule is CC(C)(C)c1ccc(-n2c(/C=C/c3ccc(C#N)cc3)nc3ncccc3c2=O)cc1. The van der Waals surface area contributed by atoms with Crippen LogP contribution in [0.3, 0.4) is 0 Å². The lowest BCUT2D eigenvalue weighted by atomic mass is 9.87. The van der Waals surface area contributed by atoms with Gasteiger partial charge in [-0.15, -0.1) is 0 Å². The van der Waals surface area contributed by atoms with Gasteiger partial charge >= 0.3 is 0 Å². The molecule has 2 heterocycles. The first-order valence-electron chi connectivity index (χ1n) is 10.0. The number of aromatic nitrogens is 3. The van der Waals surface area contributed by atoms with Gasteiger partial charge in [-0.25, -0.2) is 9.97 Å². The minimum atomic E-state index is -0.166. The summed E-state index contributed by atoms with van der Waals surface area (Å²) in [5.41, 5.74) is 3.71. The molecule has 0 aliphatic rings. The van der Waals surface area contributed by atoms with Crippen molar-refractivity contribution in [3.05, 3.63) is 99.7 Å². The Morgan fingerprint density at radius 1 is 0.968 bits per heavy atom. The molecule has 4 rings (SSSR count). The summed E-state index contributed by atoms with van der Waals surface area (Å²) >= 11 is 0. The summed E-state index contributed by atoms with van der Waals surface area (Å²) < 4.78 is 1.61. The third-order valence-electron chi connectivity index (χ3n) is 5.13. The Morgan fingerprint density at radius 2 is 1.68 bits per heavy atom. The molecule has 0 atom stereocenters. The van der Waals surface area contributed by atoms with Crippen LogP contribution in [0.2, 0.25) is 0 Å². The molecule has 2 aromatic carbocycles. The van der Waals surface area contributed by atoms with Crippen LogP contribution in [0.15, 0.2) is 71.7 Å². The maximum absolute atomic E-state index is 13.3. The highest BCUT2D eigenvalue weighted by atomic mass is 16.1. The van der Waals surface area contributed by atoms with E-state index in [1.807, 2.05) is 42.5 Å². The number of benzene rings is 2. The topological polar surface area (TPSA) is 71.6 Å². The van der Waals surface area contributed by atoms with Gasteiger partial charge in [-0.3, -0.25) is 9.36 Å². The molecule has 152 valence electrons. The number of fused-ring (bicyclic) bond motifs is 1. The Labute approximate surface area is 181 Å². The van der Waals surface area contributed by atoms with Crippen LogP contribution in [0.4, 0.5) is 0 Å². The van der Waals surface area contributed by atoms with Crippen molar-refractivity contribution in [2.75, 3.05) is 0 Å². The number of hydrogen-bond donors (Lipinski definition) is 0. The largest absolute Gasteiger partial charge is 0.268 e. The zero-order valence-corrected chi connectivity index (χ0v) is 17.7. The highest BCUT2D eigenvalue weighted by molar-refractivity contribution is 5.77. The third-order valence-corrected chi connectivity index (χ3v) is 5.13. The van der Waals surface area contributed by atoms with E-state index in [1.165, 1.54) is 5.56 Å². The van der Waals surface area contributed by atoms with Crippen LogP contribution in [0.25, 0.3) is 28.9 Å². The van der Waals surface area contributed by atoms with Gasteiger partial charge in [0.1, 0.15) is 5.82 Å². The van der Waals surface area contributed by atoms with E-state index in [1.54, 1.807) is 41.1 Å². The zero-order chi connectivity index (χ0) is 22.0. The Bertz CT molecular complexity index is 1370. The van der Waals surface area contributed by atoms with Crippen molar-refractivity contribution in [3.63, 3.8) is 0 Å². The van der Waals surface area contributed by atoms with Crippen molar-refractivity contribution in [1.29, 1.82) is 5.26 Å². The molecule has 0 saturated heterocycles. The van der Waals surface area contributed by atoms with Gasteiger partial charge in [0.2, 0.25) is 0 Å². The minimum Gasteiger partial charge on any atom is -0.268 e. The Balaban J connectivity index is 1.86. The van der Waals surface area contributed by atoms with Gasteiger partial charge in [0.05, 0.1) is 22.7 Å². The molecule has 0 bridgehead atoms. The van der Waals surface area contributed by atoms with Crippen molar-refractivity contribution in [3.8, 4) is 11.8 Å². The van der Waals surface area contributed by atoms with E-state index in [-0.39, 0.29) is 11.0 Å². The van der Waals surface area contributed by atoms with E-state index in [4.69, 9.17) is 5.26 Å². The lowest BCUT2D eigenvalue weighted by Crippen LogP contribution is -2.23. The van der Waals surface area contributed by atoms with Gasteiger partial charge in [-0.05, 0) is 59.0 Å². The van der Waals surface area contributed by atoms with Gasteiger partial charge in [-0.2, -0.15) is 5.26 Å². The highest BCUT2D eigenvalue weighted by Gasteiger charge is 2.15. The number of hydrogen-bond acceptors (Lipinski definition) is 4. The van der Waals surface area contributed by atoms with Crippen LogP contribution in [-0.4, -0.2) is 14.5 Å². The van der Waals surface area contributed by atoms with Crippen LogP contribution in [0.5, 0.6) is 0 Å². The molecule has 0 amide bonds. The van der Waals surface area contributed by atoms with Crippen LogP contribution < -0.4 is 5.56 Å². The fraction of sp³-hybridized carbons (Fsp3) is 0.154. The predicted molar refractivity (Wildman–Crippen MR) is 124 cm³/mol. The normalized spacial score (nSPS) is 11.7. The molecule has 0 spiro atoms. The third kappa shape index (κ3) is 4.15. The van der Waals surface area contributed by atoms with Crippen molar-refractivity contribution >= 4 is 23.2 Å². The van der Waals surface area contributed by atoms with Gasteiger partial charge in [0.15, 0.2) is 5.65 Å². The maximum atomic E-state index is 13.3. The van der Waals surface area contributed by atoms with Crippen molar-refractivity contribution < 1.29 is 0 Å². The van der Waals surface area contributed by atoms with E-state index in [2.05, 4.69) is 36.8 Å². The Kier molecular flexibility index (Phi) is 5.22. The van der Waals surface area contributed by atoms with Crippen LogP contribution in [0, 0.1) is 11.3 Å². The number of pyridine rings is 1.